The number of rotatable bonds is 6. The minimum atomic E-state index is -0.344. The summed E-state index contributed by atoms with van der Waals surface area (Å²) in [7, 11) is 1.50. The van der Waals surface area contributed by atoms with Gasteiger partial charge in [-0.05, 0) is 75.8 Å². The second-order valence-corrected chi connectivity index (χ2v) is 12.0. The number of H-pyrrole nitrogens is 1. The van der Waals surface area contributed by atoms with Crippen molar-refractivity contribution in [3.8, 4) is 17.2 Å². The van der Waals surface area contributed by atoms with Gasteiger partial charge in [0.1, 0.15) is 18.5 Å². The molecular formula is C29H36ClN3O5. The molecule has 1 aromatic heterocycles. The Balaban J connectivity index is 1.12. The number of hydrogen-bond acceptors (Lipinski definition) is 6. The zero-order chi connectivity index (χ0) is 26.6. The number of nitrogens with zero attached hydrogens (tertiary/aromatic N) is 1. The average molecular weight is 542 g/mol. The summed E-state index contributed by atoms with van der Waals surface area (Å²) in [6.07, 6.45) is 7.44. The number of pyridine rings is 1. The highest BCUT2D eigenvalue weighted by Gasteiger charge is 2.54. The summed E-state index contributed by atoms with van der Waals surface area (Å²) < 4.78 is 18.0. The van der Waals surface area contributed by atoms with E-state index in [1.165, 1.54) is 45.9 Å². The first kappa shape index (κ1) is 25.6. The van der Waals surface area contributed by atoms with Crippen LogP contribution >= 0.6 is 11.6 Å². The summed E-state index contributed by atoms with van der Waals surface area (Å²) in [5.74, 6) is 1.56. The first-order chi connectivity index (χ1) is 18.3. The van der Waals surface area contributed by atoms with E-state index in [9.17, 15) is 9.59 Å². The molecule has 8 nitrogen and oxygen atoms in total. The molecule has 9 heteroatoms. The number of methoxy groups -OCH3 is 1. The van der Waals surface area contributed by atoms with Crippen molar-refractivity contribution < 1.29 is 19.0 Å². The molecule has 4 aliphatic rings. The molecule has 2 aliphatic heterocycles. The Kier molecular flexibility index (Phi) is 6.59. The van der Waals surface area contributed by atoms with Crippen LogP contribution in [0.5, 0.6) is 17.2 Å². The lowest BCUT2D eigenvalue weighted by Gasteiger charge is -2.48. The van der Waals surface area contributed by atoms with E-state index in [2.05, 4.69) is 15.2 Å². The molecule has 0 radical (unpaired) electrons. The van der Waals surface area contributed by atoms with Crippen molar-refractivity contribution in [3.63, 3.8) is 0 Å². The number of amides is 1. The van der Waals surface area contributed by atoms with Gasteiger partial charge in [-0.2, -0.15) is 0 Å². The lowest BCUT2D eigenvalue weighted by molar-refractivity contribution is -0.0125. The van der Waals surface area contributed by atoms with Gasteiger partial charge in [-0.15, -0.1) is 0 Å². The second kappa shape index (κ2) is 9.79. The minimum Gasteiger partial charge on any atom is -0.496 e. The van der Waals surface area contributed by atoms with E-state index in [0.717, 1.165) is 12.8 Å². The van der Waals surface area contributed by atoms with E-state index in [1.807, 2.05) is 6.92 Å². The van der Waals surface area contributed by atoms with Crippen LogP contribution in [-0.2, 0) is 6.54 Å². The molecule has 38 heavy (non-hydrogen) atoms. The van der Waals surface area contributed by atoms with Gasteiger partial charge in [-0.3, -0.25) is 14.5 Å². The van der Waals surface area contributed by atoms with Gasteiger partial charge >= 0.3 is 0 Å². The molecule has 2 saturated carbocycles. The number of aryl methyl sites for hydroxylation is 1. The molecule has 1 amide bonds. The van der Waals surface area contributed by atoms with Crippen molar-refractivity contribution in [3.05, 3.63) is 49.9 Å². The molecule has 1 atom stereocenters. The lowest BCUT2D eigenvalue weighted by Crippen LogP contribution is -2.54. The van der Waals surface area contributed by atoms with Crippen molar-refractivity contribution >= 4 is 17.5 Å². The fourth-order valence-electron chi connectivity index (χ4n) is 6.50. The van der Waals surface area contributed by atoms with Gasteiger partial charge < -0.3 is 24.5 Å². The summed E-state index contributed by atoms with van der Waals surface area (Å²) >= 11 is 6.54. The number of aromatic nitrogens is 1. The molecule has 1 spiro atoms. The Morgan fingerprint density at radius 3 is 2.61 bits per heavy atom. The van der Waals surface area contributed by atoms with Gasteiger partial charge in [0.05, 0.1) is 24.2 Å². The van der Waals surface area contributed by atoms with Crippen LogP contribution in [0.15, 0.2) is 16.9 Å². The Morgan fingerprint density at radius 2 is 1.92 bits per heavy atom. The Morgan fingerprint density at radius 1 is 1.18 bits per heavy atom. The summed E-state index contributed by atoms with van der Waals surface area (Å²) in [6, 6.07) is 4.05. The molecule has 0 unspecified atom stereocenters. The number of carbonyl (C=O) groups is 1. The maximum absolute atomic E-state index is 13.2. The molecule has 0 bridgehead atoms. The summed E-state index contributed by atoms with van der Waals surface area (Å²) in [5, 5.41) is 3.18. The monoisotopic (exact) mass is 541 g/mol. The quantitative estimate of drug-likeness (QED) is 0.564. The van der Waals surface area contributed by atoms with Crippen LogP contribution < -0.4 is 25.1 Å². The second-order valence-electron chi connectivity index (χ2n) is 11.6. The van der Waals surface area contributed by atoms with Crippen LogP contribution in [0.2, 0.25) is 5.02 Å². The summed E-state index contributed by atoms with van der Waals surface area (Å²) in [4.78, 5) is 31.1. The third-order valence-corrected chi connectivity index (χ3v) is 9.32. The zero-order valence-electron chi connectivity index (χ0n) is 22.3. The van der Waals surface area contributed by atoms with Crippen LogP contribution in [0.4, 0.5) is 0 Å². The Labute approximate surface area is 228 Å². The summed E-state index contributed by atoms with van der Waals surface area (Å²) in [6.45, 7) is 6.71. The number of ether oxygens (including phenoxy) is 3. The molecule has 2 N–H and O–H groups in total. The molecule has 2 aliphatic carbocycles. The molecule has 204 valence electrons. The van der Waals surface area contributed by atoms with Crippen LogP contribution in [0.25, 0.3) is 0 Å². The van der Waals surface area contributed by atoms with Crippen LogP contribution in [0.1, 0.15) is 65.7 Å². The zero-order valence-corrected chi connectivity index (χ0v) is 23.1. The van der Waals surface area contributed by atoms with E-state index in [1.54, 1.807) is 19.1 Å². The number of aromatic amines is 1. The van der Waals surface area contributed by atoms with Gasteiger partial charge in [0, 0.05) is 36.0 Å². The topological polar surface area (TPSA) is 92.9 Å². The van der Waals surface area contributed by atoms with Crippen molar-refractivity contribution in [2.24, 2.45) is 11.3 Å². The molecular weight excluding hydrogens is 506 g/mol. The van der Waals surface area contributed by atoms with E-state index < -0.39 is 0 Å². The van der Waals surface area contributed by atoms with Gasteiger partial charge in [-0.25, -0.2) is 0 Å². The highest BCUT2D eigenvalue weighted by atomic mass is 35.5. The third kappa shape index (κ3) is 4.66. The number of fused-ring (bicyclic) bond motifs is 1. The van der Waals surface area contributed by atoms with E-state index >= 15 is 0 Å². The van der Waals surface area contributed by atoms with Crippen LogP contribution in [-0.4, -0.2) is 54.7 Å². The smallest absolute Gasteiger partial charge is 0.256 e. The normalized spacial score (nSPS) is 25.5. The molecule has 1 aromatic carbocycles. The van der Waals surface area contributed by atoms with Crippen molar-refractivity contribution in [1.29, 1.82) is 0 Å². The minimum absolute atomic E-state index is 0.0210. The first-order valence-electron chi connectivity index (χ1n) is 13.7. The lowest BCUT2D eigenvalue weighted by atomic mass is 9.80. The maximum atomic E-state index is 13.2. The molecule has 6 rings (SSSR count). The molecule has 3 heterocycles. The predicted molar refractivity (Wildman–Crippen MR) is 145 cm³/mol. The summed E-state index contributed by atoms with van der Waals surface area (Å²) in [5.41, 5.74) is 2.53. The number of carbonyl (C=O) groups excluding carboxylic acids is 1. The Bertz CT molecular complexity index is 1300. The standard InChI is InChI=1S/C29H36ClN3O5/c1-16-10-23(36-3)21(28(35)32-16)12-31-27(34)20-11-22(30)26-25(17(20)2)38-24(13-37-26)18-4-6-19(7-5-18)33-14-29(15-33)8-9-29/h10-11,18-19,24H,4-9,12-15H2,1-3H3,(H,31,34)(H,32,35)/t18-,19+,24-/m1/s1. The van der Waals surface area contributed by atoms with Crippen molar-refractivity contribution in [2.75, 3.05) is 26.8 Å². The highest BCUT2D eigenvalue weighted by Crippen LogP contribution is 2.54. The van der Waals surface area contributed by atoms with E-state index in [4.69, 9.17) is 25.8 Å². The molecule has 1 saturated heterocycles. The largest absolute Gasteiger partial charge is 0.496 e. The van der Waals surface area contributed by atoms with Gasteiger partial charge in [0.2, 0.25) is 0 Å². The SMILES string of the molecule is COc1cc(C)[nH]c(=O)c1CNC(=O)c1cc(Cl)c2c(c1C)O[C@@H]([C@H]1CC[C@@H](N3CC4(CC4)C3)CC1)CO2. The number of hydrogen-bond donors (Lipinski definition) is 2. The number of likely N-dealkylation sites (tertiary alicyclic amines) is 1. The third-order valence-electron chi connectivity index (χ3n) is 9.04. The highest BCUT2D eigenvalue weighted by molar-refractivity contribution is 6.32. The number of halogens is 1. The van der Waals surface area contributed by atoms with Crippen molar-refractivity contribution in [2.45, 2.75) is 71.1 Å². The van der Waals surface area contributed by atoms with Gasteiger partial charge in [0.25, 0.3) is 11.5 Å². The van der Waals surface area contributed by atoms with Gasteiger partial charge in [0.15, 0.2) is 11.5 Å². The Hall–Kier alpha value is -2.71. The average Bonchev–Trinajstić information content (AvgIpc) is 3.70. The molecule has 2 aromatic rings. The maximum Gasteiger partial charge on any atom is 0.256 e. The molecule has 3 fully saturated rings. The van der Waals surface area contributed by atoms with E-state index in [-0.39, 0.29) is 24.1 Å². The number of benzene rings is 1. The van der Waals surface area contributed by atoms with Crippen LogP contribution in [0, 0.1) is 25.2 Å². The van der Waals surface area contributed by atoms with Crippen molar-refractivity contribution in [1.82, 2.24) is 15.2 Å². The predicted octanol–water partition coefficient (Wildman–Crippen LogP) is 4.38. The van der Waals surface area contributed by atoms with E-state index in [0.29, 0.717) is 68.6 Å². The first-order valence-corrected chi connectivity index (χ1v) is 14.1. The fraction of sp³-hybridized carbons (Fsp3) is 0.586. The van der Waals surface area contributed by atoms with Gasteiger partial charge in [-0.1, -0.05) is 11.6 Å². The number of nitrogens with one attached hydrogen (secondary N) is 2. The van der Waals surface area contributed by atoms with Crippen LogP contribution in [0.3, 0.4) is 0 Å². The fourth-order valence-corrected chi connectivity index (χ4v) is 6.75.